The van der Waals surface area contributed by atoms with Gasteiger partial charge in [-0.1, -0.05) is 11.6 Å². The zero-order valence-electron chi connectivity index (χ0n) is 9.07. The van der Waals surface area contributed by atoms with Gasteiger partial charge in [0.25, 0.3) is 0 Å². The molecule has 0 N–H and O–H groups in total. The molecule has 16 heavy (non-hydrogen) atoms. The standard InChI is InChI=1S/C12H11ClN2O/c1-8-6-15(9(2)14-8)11-4-3-10(7-16)12(13)5-11/h3-7H,1-2H3. The molecule has 4 heteroatoms. The van der Waals surface area contributed by atoms with Crippen LogP contribution in [0.25, 0.3) is 5.69 Å². The maximum absolute atomic E-state index is 10.6. The van der Waals surface area contributed by atoms with Crippen LogP contribution >= 0.6 is 11.6 Å². The third-order valence-corrected chi connectivity index (χ3v) is 2.72. The quantitative estimate of drug-likeness (QED) is 0.749. The van der Waals surface area contributed by atoms with Crippen molar-refractivity contribution in [3.63, 3.8) is 0 Å². The van der Waals surface area contributed by atoms with E-state index in [2.05, 4.69) is 4.98 Å². The average molecular weight is 235 g/mol. The Morgan fingerprint density at radius 2 is 2.12 bits per heavy atom. The molecule has 82 valence electrons. The molecule has 0 saturated carbocycles. The largest absolute Gasteiger partial charge is 0.304 e. The highest BCUT2D eigenvalue weighted by molar-refractivity contribution is 6.33. The number of imidazole rings is 1. The van der Waals surface area contributed by atoms with Gasteiger partial charge in [0, 0.05) is 17.4 Å². The fraction of sp³-hybridized carbons (Fsp3) is 0.167. The smallest absolute Gasteiger partial charge is 0.151 e. The summed E-state index contributed by atoms with van der Waals surface area (Å²) in [6.45, 7) is 3.86. The average Bonchev–Trinajstić information content (AvgIpc) is 2.58. The second-order valence-corrected chi connectivity index (χ2v) is 4.03. The minimum absolute atomic E-state index is 0.457. The Labute approximate surface area is 98.7 Å². The van der Waals surface area contributed by atoms with E-state index in [1.165, 1.54) is 0 Å². The Bertz CT molecular complexity index is 546. The molecule has 2 rings (SSSR count). The molecular formula is C12H11ClN2O. The minimum Gasteiger partial charge on any atom is -0.304 e. The molecule has 1 aromatic carbocycles. The molecule has 0 spiro atoms. The highest BCUT2D eigenvalue weighted by atomic mass is 35.5. The van der Waals surface area contributed by atoms with Crippen molar-refractivity contribution in [2.75, 3.05) is 0 Å². The number of aryl methyl sites for hydroxylation is 2. The van der Waals surface area contributed by atoms with Gasteiger partial charge in [0.15, 0.2) is 6.29 Å². The number of hydrogen-bond donors (Lipinski definition) is 0. The number of aldehydes is 1. The molecule has 0 fully saturated rings. The second kappa shape index (κ2) is 4.10. The Morgan fingerprint density at radius 3 is 2.62 bits per heavy atom. The van der Waals surface area contributed by atoms with Crippen LogP contribution in [0.15, 0.2) is 24.4 Å². The Morgan fingerprint density at radius 1 is 1.38 bits per heavy atom. The maximum atomic E-state index is 10.6. The number of nitrogens with zero attached hydrogens (tertiary/aromatic N) is 2. The van der Waals surface area contributed by atoms with Crippen molar-refractivity contribution in [2.45, 2.75) is 13.8 Å². The summed E-state index contributed by atoms with van der Waals surface area (Å²) in [5, 5.41) is 0.457. The summed E-state index contributed by atoms with van der Waals surface area (Å²) in [4.78, 5) is 15.0. The van der Waals surface area contributed by atoms with Gasteiger partial charge in [0.05, 0.1) is 10.7 Å². The Balaban J connectivity index is 2.53. The first-order valence-corrected chi connectivity index (χ1v) is 5.27. The van der Waals surface area contributed by atoms with Crippen molar-refractivity contribution in [3.8, 4) is 5.69 Å². The van der Waals surface area contributed by atoms with E-state index in [9.17, 15) is 4.79 Å². The topological polar surface area (TPSA) is 34.9 Å². The molecule has 0 saturated heterocycles. The van der Waals surface area contributed by atoms with Crippen molar-refractivity contribution in [2.24, 2.45) is 0 Å². The molecule has 0 aliphatic heterocycles. The zero-order valence-corrected chi connectivity index (χ0v) is 9.82. The number of hydrogen-bond acceptors (Lipinski definition) is 2. The summed E-state index contributed by atoms with van der Waals surface area (Å²) in [6.07, 6.45) is 2.68. The number of aromatic nitrogens is 2. The van der Waals surface area contributed by atoms with Crippen molar-refractivity contribution in [1.82, 2.24) is 9.55 Å². The molecule has 2 aromatic rings. The molecule has 0 bridgehead atoms. The predicted octanol–water partition coefficient (Wildman–Crippen LogP) is 2.96. The van der Waals surface area contributed by atoms with Gasteiger partial charge in [-0.05, 0) is 32.0 Å². The van der Waals surface area contributed by atoms with Crippen LogP contribution in [-0.4, -0.2) is 15.8 Å². The van der Waals surface area contributed by atoms with E-state index in [4.69, 9.17) is 11.6 Å². The summed E-state index contributed by atoms with van der Waals surface area (Å²) in [5.74, 6) is 0.896. The van der Waals surface area contributed by atoms with Gasteiger partial charge < -0.3 is 4.57 Å². The lowest BCUT2D eigenvalue weighted by molar-refractivity contribution is 0.112. The lowest BCUT2D eigenvalue weighted by Gasteiger charge is -2.06. The molecule has 0 radical (unpaired) electrons. The van der Waals surface area contributed by atoms with Crippen LogP contribution in [0.1, 0.15) is 21.9 Å². The SMILES string of the molecule is Cc1cn(-c2ccc(C=O)c(Cl)c2)c(C)n1. The molecule has 3 nitrogen and oxygen atoms in total. The van der Waals surface area contributed by atoms with E-state index < -0.39 is 0 Å². The van der Waals surface area contributed by atoms with Crippen molar-refractivity contribution < 1.29 is 4.79 Å². The lowest BCUT2D eigenvalue weighted by atomic mass is 10.2. The summed E-state index contributed by atoms with van der Waals surface area (Å²) >= 11 is 5.97. The van der Waals surface area contributed by atoms with Crippen LogP contribution in [-0.2, 0) is 0 Å². The van der Waals surface area contributed by atoms with Crippen LogP contribution in [0, 0.1) is 13.8 Å². The first-order chi connectivity index (χ1) is 7.61. The van der Waals surface area contributed by atoms with Crippen molar-refractivity contribution in [3.05, 3.63) is 46.5 Å². The van der Waals surface area contributed by atoms with Gasteiger partial charge in [0.2, 0.25) is 0 Å². The molecule has 0 aliphatic rings. The maximum Gasteiger partial charge on any atom is 0.151 e. The second-order valence-electron chi connectivity index (χ2n) is 3.62. The van der Waals surface area contributed by atoms with E-state index in [0.29, 0.717) is 10.6 Å². The summed E-state index contributed by atoms with van der Waals surface area (Å²) in [6, 6.07) is 5.32. The minimum atomic E-state index is 0.457. The van der Waals surface area contributed by atoms with Gasteiger partial charge in [-0.15, -0.1) is 0 Å². The summed E-state index contributed by atoms with van der Waals surface area (Å²) < 4.78 is 1.94. The predicted molar refractivity (Wildman–Crippen MR) is 63.4 cm³/mol. The van der Waals surface area contributed by atoms with Crippen LogP contribution in [0.5, 0.6) is 0 Å². The van der Waals surface area contributed by atoms with Gasteiger partial charge in [-0.2, -0.15) is 0 Å². The van der Waals surface area contributed by atoms with Crippen LogP contribution < -0.4 is 0 Å². The van der Waals surface area contributed by atoms with E-state index >= 15 is 0 Å². The molecule has 1 heterocycles. The van der Waals surface area contributed by atoms with Crippen LogP contribution in [0.4, 0.5) is 0 Å². The molecule has 0 aliphatic carbocycles. The zero-order chi connectivity index (χ0) is 11.7. The Hall–Kier alpha value is -1.61. The molecular weight excluding hydrogens is 224 g/mol. The third-order valence-electron chi connectivity index (χ3n) is 2.39. The molecule has 0 atom stereocenters. The van der Waals surface area contributed by atoms with Crippen LogP contribution in [0.2, 0.25) is 5.02 Å². The summed E-state index contributed by atoms with van der Waals surface area (Å²) in [5.41, 5.74) is 2.36. The van der Waals surface area contributed by atoms with Crippen LogP contribution in [0.3, 0.4) is 0 Å². The fourth-order valence-electron chi connectivity index (χ4n) is 1.64. The number of rotatable bonds is 2. The van der Waals surface area contributed by atoms with E-state index in [1.807, 2.05) is 30.7 Å². The molecule has 0 unspecified atom stereocenters. The van der Waals surface area contributed by atoms with E-state index in [0.717, 1.165) is 23.5 Å². The van der Waals surface area contributed by atoms with Gasteiger partial charge in [0.1, 0.15) is 5.82 Å². The first kappa shape index (κ1) is 10.9. The third kappa shape index (κ3) is 1.86. The van der Waals surface area contributed by atoms with Gasteiger partial charge >= 0.3 is 0 Å². The number of carbonyl (C=O) groups excluding carboxylic acids is 1. The van der Waals surface area contributed by atoms with Gasteiger partial charge in [-0.25, -0.2) is 4.98 Å². The van der Waals surface area contributed by atoms with E-state index in [-0.39, 0.29) is 0 Å². The normalized spacial score (nSPS) is 10.4. The van der Waals surface area contributed by atoms with E-state index in [1.54, 1.807) is 12.1 Å². The monoisotopic (exact) mass is 234 g/mol. The number of carbonyl (C=O) groups is 1. The fourth-order valence-corrected chi connectivity index (χ4v) is 1.86. The highest BCUT2D eigenvalue weighted by Crippen LogP contribution is 2.20. The Kier molecular flexibility index (Phi) is 2.79. The van der Waals surface area contributed by atoms with Gasteiger partial charge in [-0.3, -0.25) is 4.79 Å². The highest BCUT2D eigenvalue weighted by Gasteiger charge is 2.05. The lowest BCUT2D eigenvalue weighted by Crippen LogP contribution is -1.96. The molecule has 0 amide bonds. The van der Waals surface area contributed by atoms with Crippen molar-refractivity contribution >= 4 is 17.9 Å². The van der Waals surface area contributed by atoms with Crippen molar-refractivity contribution in [1.29, 1.82) is 0 Å². The molecule has 1 aromatic heterocycles. The number of halogens is 1. The first-order valence-electron chi connectivity index (χ1n) is 4.89. The number of benzene rings is 1. The summed E-state index contributed by atoms with van der Waals surface area (Å²) in [7, 11) is 0.